The summed E-state index contributed by atoms with van der Waals surface area (Å²) in [6.45, 7) is 9.47. The molecule has 110 valence electrons. The van der Waals surface area contributed by atoms with Crippen LogP contribution in [0.3, 0.4) is 0 Å². The fourth-order valence-electron chi connectivity index (χ4n) is 3.92. The van der Waals surface area contributed by atoms with Gasteiger partial charge in [-0.05, 0) is 49.7 Å². The first kappa shape index (κ1) is 14.1. The molecular formula is C18H28N2. The second kappa shape index (κ2) is 5.87. The Bertz CT molecular complexity index is 456. The van der Waals surface area contributed by atoms with Crippen molar-refractivity contribution < 1.29 is 0 Å². The Morgan fingerprint density at radius 1 is 1.35 bits per heavy atom. The Kier molecular flexibility index (Phi) is 4.13. The Hall–Kier alpha value is -0.860. The van der Waals surface area contributed by atoms with E-state index >= 15 is 0 Å². The number of nitrogens with zero attached hydrogens (tertiary/aromatic N) is 1. The molecule has 2 aliphatic rings. The Morgan fingerprint density at radius 3 is 3.05 bits per heavy atom. The van der Waals surface area contributed by atoms with Crippen molar-refractivity contribution in [3.63, 3.8) is 0 Å². The van der Waals surface area contributed by atoms with Crippen molar-refractivity contribution in [2.45, 2.75) is 51.0 Å². The molecule has 0 aromatic heterocycles. The first-order valence-corrected chi connectivity index (χ1v) is 8.26. The van der Waals surface area contributed by atoms with Crippen LogP contribution >= 0.6 is 0 Å². The van der Waals surface area contributed by atoms with Gasteiger partial charge in [0.1, 0.15) is 0 Å². The molecule has 3 rings (SSSR count). The molecule has 0 bridgehead atoms. The quantitative estimate of drug-likeness (QED) is 0.909. The second-order valence-corrected chi connectivity index (χ2v) is 6.76. The summed E-state index contributed by atoms with van der Waals surface area (Å²) in [6.07, 6.45) is 5.23. The van der Waals surface area contributed by atoms with Crippen molar-refractivity contribution in [1.29, 1.82) is 0 Å². The number of benzene rings is 1. The van der Waals surface area contributed by atoms with E-state index in [-0.39, 0.29) is 0 Å². The molecule has 0 amide bonds. The zero-order chi connectivity index (χ0) is 14.0. The molecule has 20 heavy (non-hydrogen) atoms. The van der Waals surface area contributed by atoms with E-state index in [2.05, 4.69) is 48.3 Å². The number of fused-ring (bicyclic) bond motifs is 1. The fraction of sp³-hybridized carbons (Fsp3) is 0.667. The normalized spacial score (nSPS) is 31.0. The summed E-state index contributed by atoms with van der Waals surface area (Å²) in [5, 5.41) is 3.57. The van der Waals surface area contributed by atoms with Crippen LogP contribution in [0, 0.1) is 0 Å². The molecule has 2 atom stereocenters. The second-order valence-electron chi connectivity index (χ2n) is 6.76. The molecule has 0 spiro atoms. The van der Waals surface area contributed by atoms with E-state index in [1.165, 1.54) is 38.8 Å². The highest BCUT2D eigenvalue weighted by atomic mass is 15.3. The van der Waals surface area contributed by atoms with E-state index < -0.39 is 0 Å². The summed E-state index contributed by atoms with van der Waals surface area (Å²) < 4.78 is 0. The van der Waals surface area contributed by atoms with E-state index in [0.29, 0.717) is 5.54 Å². The first-order valence-electron chi connectivity index (χ1n) is 8.26. The van der Waals surface area contributed by atoms with E-state index in [0.717, 1.165) is 19.0 Å². The topological polar surface area (TPSA) is 15.3 Å². The fourth-order valence-corrected chi connectivity index (χ4v) is 3.92. The van der Waals surface area contributed by atoms with E-state index in [1.54, 1.807) is 11.1 Å². The van der Waals surface area contributed by atoms with Gasteiger partial charge in [-0.25, -0.2) is 0 Å². The van der Waals surface area contributed by atoms with Gasteiger partial charge in [0.05, 0.1) is 0 Å². The third-order valence-electron chi connectivity index (χ3n) is 5.52. The summed E-state index contributed by atoms with van der Waals surface area (Å²) in [4.78, 5) is 2.75. The minimum absolute atomic E-state index is 0.338. The summed E-state index contributed by atoms with van der Waals surface area (Å²) >= 11 is 0. The number of nitrogens with one attached hydrogen (secondary N) is 1. The van der Waals surface area contributed by atoms with Gasteiger partial charge in [-0.1, -0.05) is 31.2 Å². The summed E-state index contributed by atoms with van der Waals surface area (Å²) in [6, 6.07) is 9.11. The molecule has 2 nitrogen and oxygen atoms in total. The third-order valence-corrected chi connectivity index (χ3v) is 5.52. The van der Waals surface area contributed by atoms with E-state index in [9.17, 15) is 0 Å². The average Bonchev–Trinajstić information content (AvgIpc) is 2.50. The van der Waals surface area contributed by atoms with E-state index in [4.69, 9.17) is 0 Å². The third kappa shape index (κ3) is 2.64. The van der Waals surface area contributed by atoms with Crippen molar-refractivity contribution in [2.75, 3.05) is 26.2 Å². The predicted octanol–water partition coefficient (Wildman–Crippen LogP) is 3.18. The molecule has 1 N–H and O–H groups in total. The molecule has 0 saturated carbocycles. The summed E-state index contributed by atoms with van der Waals surface area (Å²) in [5.41, 5.74) is 3.55. The lowest BCUT2D eigenvalue weighted by Crippen LogP contribution is -2.60. The lowest BCUT2D eigenvalue weighted by molar-refractivity contribution is 0.0630. The first-order chi connectivity index (χ1) is 9.73. The molecule has 2 heteroatoms. The molecule has 1 aromatic carbocycles. The molecule has 1 aliphatic heterocycles. The number of hydrogen-bond donors (Lipinski definition) is 1. The maximum Gasteiger partial charge on any atom is 0.0303 e. The van der Waals surface area contributed by atoms with Crippen LogP contribution in [0.1, 0.15) is 50.2 Å². The SMILES string of the molecule is CCC1(C)CNCCN1CC1CCCc2ccccc21. The van der Waals surface area contributed by atoms with E-state index in [1.807, 2.05) is 0 Å². The molecular weight excluding hydrogens is 244 g/mol. The van der Waals surface area contributed by atoms with Gasteiger partial charge in [0, 0.05) is 31.7 Å². The van der Waals surface area contributed by atoms with Crippen molar-refractivity contribution >= 4 is 0 Å². The van der Waals surface area contributed by atoms with Crippen molar-refractivity contribution in [3.05, 3.63) is 35.4 Å². The van der Waals surface area contributed by atoms with Gasteiger partial charge >= 0.3 is 0 Å². The lowest BCUT2D eigenvalue weighted by atomic mass is 9.81. The molecule has 1 fully saturated rings. The van der Waals surface area contributed by atoms with Gasteiger partial charge in [-0.15, -0.1) is 0 Å². The van der Waals surface area contributed by atoms with Gasteiger partial charge in [0.25, 0.3) is 0 Å². The van der Waals surface area contributed by atoms with Gasteiger partial charge < -0.3 is 5.32 Å². The minimum Gasteiger partial charge on any atom is -0.314 e. The molecule has 1 aliphatic carbocycles. The van der Waals surface area contributed by atoms with Gasteiger partial charge in [0.15, 0.2) is 0 Å². The van der Waals surface area contributed by atoms with Gasteiger partial charge in [-0.2, -0.15) is 0 Å². The average molecular weight is 272 g/mol. The van der Waals surface area contributed by atoms with Crippen LogP contribution < -0.4 is 5.32 Å². The van der Waals surface area contributed by atoms with Crippen molar-refractivity contribution in [3.8, 4) is 0 Å². The molecule has 0 radical (unpaired) electrons. The number of aryl methyl sites for hydroxylation is 1. The van der Waals surface area contributed by atoms with Crippen LogP contribution in [-0.4, -0.2) is 36.6 Å². The Morgan fingerprint density at radius 2 is 2.20 bits per heavy atom. The Balaban J connectivity index is 1.78. The highest BCUT2D eigenvalue weighted by Crippen LogP contribution is 2.34. The van der Waals surface area contributed by atoms with Gasteiger partial charge in [0.2, 0.25) is 0 Å². The zero-order valence-corrected chi connectivity index (χ0v) is 13.0. The predicted molar refractivity (Wildman–Crippen MR) is 85.3 cm³/mol. The highest BCUT2D eigenvalue weighted by molar-refractivity contribution is 5.33. The van der Waals surface area contributed by atoms with Crippen molar-refractivity contribution in [1.82, 2.24) is 10.2 Å². The molecule has 1 saturated heterocycles. The van der Waals surface area contributed by atoms with Crippen LogP contribution in [0.2, 0.25) is 0 Å². The lowest BCUT2D eigenvalue weighted by Gasteiger charge is -2.47. The Labute approximate surface area is 123 Å². The molecule has 1 heterocycles. The smallest absolute Gasteiger partial charge is 0.0303 e. The monoisotopic (exact) mass is 272 g/mol. The maximum absolute atomic E-state index is 3.57. The maximum atomic E-state index is 3.57. The van der Waals surface area contributed by atoms with Crippen molar-refractivity contribution in [2.24, 2.45) is 0 Å². The minimum atomic E-state index is 0.338. The largest absolute Gasteiger partial charge is 0.314 e. The molecule has 2 unspecified atom stereocenters. The number of piperazine rings is 1. The van der Waals surface area contributed by atoms with Crippen LogP contribution in [-0.2, 0) is 6.42 Å². The number of hydrogen-bond acceptors (Lipinski definition) is 2. The summed E-state index contributed by atoms with van der Waals surface area (Å²) in [7, 11) is 0. The number of rotatable bonds is 3. The highest BCUT2D eigenvalue weighted by Gasteiger charge is 2.34. The molecule has 1 aromatic rings. The zero-order valence-electron chi connectivity index (χ0n) is 13.0. The standard InChI is InChI=1S/C18H28N2/c1-3-18(2)14-19-11-12-20(18)13-16-9-6-8-15-7-4-5-10-17(15)16/h4-5,7,10,16,19H,3,6,8-9,11-14H2,1-2H3. The van der Waals surface area contributed by atoms with Gasteiger partial charge in [-0.3, -0.25) is 4.90 Å². The van der Waals surface area contributed by atoms with Crippen LogP contribution in [0.25, 0.3) is 0 Å². The summed E-state index contributed by atoms with van der Waals surface area (Å²) in [5.74, 6) is 0.740. The van der Waals surface area contributed by atoms with Crippen LogP contribution in [0.15, 0.2) is 24.3 Å². The van der Waals surface area contributed by atoms with Crippen LogP contribution in [0.5, 0.6) is 0 Å². The van der Waals surface area contributed by atoms with Crippen LogP contribution in [0.4, 0.5) is 0 Å².